The molecule has 0 aromatic heterocycles. The van der Waals surface area contributed by atoms with Crippen molar-refractivity contribution in [2.24, 2.45) is 11.8 Å². The Kier molecular flexibility index (Phi) is 6.45. The standard InChI is InChI=1S/C11H24O/c1-5-7-10(4)11(12)8-9(3)6-2/h9-12H,5-8H2,1-4H3. The number of aliphatic hydroxyl groups excluding tert-OH is 1. The van der Waals surface area contributed by atoms with E-state index >= 15 is 0 Å². The first-order valence-corrected chi connectivity index (χ1v) is 5.29. The van der Waals surface area contributed by atoms with Crippen LogP contribution < -0.4 is 0 Å². The van der Waals surface area contributed by atoms with Crippen molar-refractivity contribution in [3.8, 4) is 0 Å². The smallest absolute Gasteiger partial charge is 0.0568 e. The molecule has 74 valence electrons. The minimum absolute atomic E-state index is 0.0834. The van der Waals surface area contributed by atoms with E-state index in [1.54, 1.807) is 0 Å². The second-order valence-electron chi connectivity index (χ2n) is 4.08. The molecule has 0 aliphatic rings. The van der Waals surface area contributed by atoms with Crippen molar-refractivity contribution in [2.75, 3.05) is 0 Å². The second kappa shape index (κ2) is 6.47. The van der Waals surface area contributed by atoms with Gasteiger partial charge in [0.05, 0.1) is 6.10 Å². The Bertz CT molecular complexity index is 101. The Hall–Kier alpha value is -0.0400. The summed E-state index contributed by atoms with van der Waals surface area (Å²) in [5.41, 5.74) is 0. The molecule has 0 aromatic carbocycles. The van der Waals surface area contributed by atoms with E-state index in [0.717, 1.165) is 12.8 Å². The lowest BCUT2D eigenvalue weighted by Crippen LogP contribution is -2.20. The van der Waals surface area contributed by atoms with Gasteiger partial charge < -0.3 is 5.11 Å². The molecule has 1 N–H and O–H groups in total. The highest BCUT2D eigenvalue weighted by Gasteiger charge is 2.15. The maximum atomic E-state index is 9.75. The summed E-state index contributed by atoms with van der Waals surface area (Å²) in [7, 11) is 0. The molecule has 0 saturated carbocycles. The van der Waals surface area contributed by atoms with Crippen molar-refractivity contribution >= 4 is 0 Å². The van der Waals surface area contributed by atoms with Gasteiger partial charge in [0, 0.05) is 0 Å². The van der Waals surface area contributed by atoms with Crippen molar-refractivity contribution in [2.45, 2.75) is 59.5 Å². The summed E-state index contributed by atoms with van der Waals surface area (Å²) in [6.07, 6.45) is 4.39. The third-order valence-electron chi connectivity index (χ3n) is 2.74. The van der Waals surface area contributed by atoms with Crippen LogP contribution in [0.15, 0.2) is 0 Å². The van der Waals surface area contributed by atoms with Crippen LogP contribution in [0.2, 0.25) is 0 Å². The van der Waals surface area contributed by atoms with Crippen LogP contribution in [0.25, 0.3) is 0 Å². The minimum atomic E-state index is -0.0834. The Morgan fingerprint density at radius 3 is 2.17 bits per heavy atom. The SMILES string of the molecule is CCCC(C)C(O)CC(C)CC. The van der Waals surface area contributed by atoms with Crippen LogP contribution in [0.5, 0.6) is 0 Å². The van der Waals surface area contributed by atoms with Crippen LogP contribution in [0.1, 0.15) is 53.4 Å². The molecule has 0 saturated heterocycles. The quantitative estimate of drug-likeness (QED) is 0.652. The van der Waals surface area contributed by atoms with E-state index in [4.69, 9.17) is 0 Å². The largest absolute Gasteiger partial charge is 0.393 e. The summed E-state index contributed by atoms with van der Waals surface area (Å²) in [4.78, 5) is 0. The Balaban J connectivity index is 3.62. The van der Waals surface area contributed by atoms with Gasteiger partial charge in [-0.3, -0.25) is 0 Å². The lowest BCUT2D eigenvalue weighted by molar-refractivity contribution is 0.0869. The van der Waals surface area contributed by atoms with Gasteiger partial charge in [0.1, 0.15) is 0 Å². The zero-order valence-electron chi connectivity index (χ0n) is 9.01. The van der Waals surface area contributed by atoms with Crippen molar-refractivity contribution in [3.63, 3.8) is 0 Å². The van der Waals surface area contributed by atoms with Crippen LogP contribution in [-0.4, -0.2) is 11.2 Å². The molecule has 3 atom stereocenters. The molecule has 0 spiro atoms. The van der Waals surface area contributed by atoms with Gasteiger partial charge in [-0.05, 0) is 24.7 Å². The van der Waals surface area contributed by atoms with Crippen molar-refractivity contribution in [1.29, 1.82) is 0 Å². The Morgan fingerprint density at radius 1 is 1.17 bits per heavy atom. The summed E-state index contributed by atoms with van der Waals surface area (Å²) in [6.45, 7) is 8.72. The molecule has 0 aliphatic carbocycles. The number of aliphatic hydroxyl groups is 1. The van der Waals surface area contributed by atoms with E-state index in [-0.39, 0.29) is 6.10 Å². The van der Waals surface area contributed by atoms with Gasteiger partial charge in [0.25, 0.3) is 0 Å². The fraction of sp³-hybridized carbons (Fsp3) is 1.00. The maximum absolute atomic E-state index is 9.75. The normalized spacial score (nSPS) is 18.8. The monoisotopic (exact) mass is 172 g/mol. The molecule has 0 fully saturated rings. The Labute approximate surface area is 77.2 Å². The zero-order valence-corrected chi connectivity index (χ0v) is 9.01. The van der Waals surface area contributed by atoms with Crippen molar-refractivity contribution in [3.05, 3.63) is 0 Å². The van der Waals surface area contributed by atoms with Gasteiger partial charge in [-0.25, -0.2) is 0 Å². The van der Waals surface area contributed by atoms with E-state index in [1.807, 2.05) is 0 Å². The van der Waals surface area contributed by atoms with E-state index in [0.29, 0.717) is 11.8 Å². The van der Waals surface area contributed by atoms with E-state index in [9.17, 15) is 5.11 Å². The van der Waals surface area contributed by atoms with Gasteiger partial charge in [-0.2, -0.15) is 0 Å². The molecule has 12 heavy (non-hydrogen) atoms. The molecular formula is C11H24O. The van der Waals surface area contributed by atoms with Crippen LogP contribution in [-0.2, 0) is 0 Å². The molecule has 1 heteroatoms. The summed E-state index contributed by atoms with van der Waals surface area (Å²) in [5, 5.41) is 9.75. The molecule has 0 radical (unpaired) electrons. The van der Waals surface area contributed by atoms with E-state index < -0.39 is 0 Å². The van der Waals surface area contributed by atoms with Gasteiger partial charge in [0.2, 0.25) is 0 Å². The summed E-state index contributed by atoms with van der Waals surface area (Å²) >= 11 is 0. The maximum Gasteiger partial charge on any atom is 0.0568 e. The van der Waals surface area contributed by atoms with E-state index in [2.05, 4.69) is 27.7 Å². The highest BCUT2D eigenvalue weighted by molar-refractivity contribution is 4.66. The van der Waals surface area contributed by atoms with Gasteiger partial charge >= 0.3 is 0 Å². The van der Waals surface area contributed by atoms with Crippen molar-refractivity contribution < 1.29 is 5.11 Å². The molecular weight excluding hydrogens is 148 g/mol. The minimum Gasteiger partial charge on any atom is -0.393 e. The molecule has 0 amide bonds. The fourth-order valence-corrected chi connectivity index (χ4v) is 1.46. The summed E-state index contributed by atoms with van der Waals surface area (Å²) in [6, 6.07) is 0. The third-order valence-corrected chi connectivity index (χ3v) is 2.74. The fourth-order valence-electron chi connectivity index (χ4n) is 1.46. The molecule has 1 nitrogen and oxygen atoms in total. The predicted octanol–water partition coefficient (Wildman–Crippen LogP) is 3.22. The first kappa shape index (κ1) is 12.0. The first-order valence-electron chi connectivity index (χ1n) is 5.29. The van der Waals surface area contributed by atoms with Gasteiger partial charge in [-0.15, -0.1) is 0 Å². The highest BCUT2D eigenvalue weighted by Crippen LogP contribution is 2.18. The number of rotatable bonds is 6. The van der Waals surface area contributed by atoms with Crippen LogP contribution >= 0.6 is 0 Å². The molecule has 0 aliphatic heterocycles. The Morgan fingerprint density at radius 2 is 1.75 bits per heavy atom. The van der Waals surface area contributed by atoms with Gasteiger partial charge in [-0.1, -0.05) is 40.5 Å². The average molecular weight is 172 g/mol. The lowest BCUT2D eigenvalue weighted by Gasteiger charge is -2.20. The molecule has 0 bridgehead atoms. The number of hydrogen-bond donors (Lipinski definition) is 1. The molecule has 0 rings (SSSR count). The third kappa shape index (κ3) is 4.76. The molecule has 0 aromatic rings. The average Bonchev–Trinajstić information content (AvgIpc) is 2.04. The second-order valence-corrected chi connectivity index (χ2v) is 4.08. The lowest BCUT2D eigenvalue weighted by atomic mass is 9.91. The van der Waals surface area contributed by atoms with Crippen LogP contribution in [0.4, 0.5) is 0 Å². The topological polar surface area (TPSA) is 20.2 Å². The van der Waals surface area contributed by atoms with Gasteiger partial charge in [0.15, 0.2) is 0 Å². The zero-order chi connectivity index (χ0) is 9.56. The van der Waals surface area contributed by atoms with Crippen molar-refractivity contribution in [1.82, 2.24) is 0 Å². The summed E-state index contributed by atoms with van der Waals surface area (Å²) < 4.78 is 0. The molecule has 0 heterocycles. The molecule has 3 unspecified atom stereocenters. The first-order chi connectivity index (χ1) is 5.61. The van der Waals surface area contributed by atoms with Crippen LogP contribution in [0, 0.1) is 11.8 Å². The highest BCUT2D eigenvalue weighted by atomic mass is 16.3. The predicted molar refractivity (Wildman–Crippen MR) is 54.2 cm³/mol. The number of hydrogen-bond acceptors (Lipinski definition) is 1. The van der Waals surface area contributed by atoms with E-state index in [1.165, 1.54) is 12.8 Å². The van der Waals surface area contributed by atoms with Crippen LogP contribution in [0.3, 0.4) is 0 Å². The summed E-state index contributed by atoms with van der Waals surface area (Å²) in [5.74, 6) is 1.14.